The fourth-order valence-electron chi connectivity index (χ4n) is 2.71. The van der Waals surface area contributed by atoms with Gasteiger partial charge in [0.15, 0.2) is 0 Å². The molecule has 1 aromatic heterocycles. The zero-order valence-electron chi connectivity index (χ0n) is 14.9. The molecule has 0 atom stereocenters. The molecule has 6 nitrogen and oxygen atoms in total. The molecular weight excluding hydrogens is 320 g/mol. The van der Waals surface area contributed by atoms with E-state index in [4.69, 9.17) is 9.47 Å². The molecule has 0 spiro atoms. The number of pyridine rings is 1. The molecule has 2 aromatic rings. The van der Waals surface area contributed by atoms with Gasteiger partial charge in [-0.2, -0.15) is 0 Å². The molecule has 1 amide bonds. The summed E-state index contributed by atoms with van der Waals surface area (Å²) >= 11 is 0. The molecule has 6 heteroatoms. The summed E-state index contributed by atoms with van der Waals surface area (Å²) in [5.41, 5.74) is 1.20. The predicted molar refractivity (Wildman–Crippen MR) is 93.6 cm³/mol. The number of hydrogen-bond donors (Lipinski definition) is 0. The molecule has 0 bridgehead atoms. The Hall–Kier alpha value is -2.63. The Morgan fingerprint density at radius 3 is 2.48 bits per heavy atom. The number of carbonyl (C=O) groups is 2. The van der Waals surface area contributed by atoms with Crippen LogP contribution >= 0.6 is 0 Å². The van der Waals surface area contributed by atoms with Crippen molar-refractivity contribution in [3.8, 4) is 5.75 Å². The molecule has 2 heterocycles. The quantitative estimate of drug-likeness (QED) is 0.617. The van der Waals surface area contributed by atoms with Gasteiger partial charge in [-0.15, -0.1) is 0 Å². The number of benzene rings is 1. The van der Waals surface area contributed by atoms with Gasteiger partial charge in [0.1, 0.15) is 11.4 Å². The first-order valence-corrected chi connectivity index (χ1v) is 8.28. The summed E-state index contributed by atoms with van der Waals surface area (Å²) < 4.78 is 10.5. The highest BCUT2D eigenvalue weighted by Crippen LogP contribution is 2.29. The van der Waals surface area contributed by atoms with Crippen LogP contribution in [0.25, 0.3) is 10.9 Å². The minimum Gasteiger partial charge on any atom is -0.444 e. The molecule has 1 saturated heterocycles. The number of fused-ring (bicyclic) bond motifs is 1. The van der Waals surface area contributed by atoms with Crippen molar-refractivity contribution < 1.29 is 19.1 Å². The third-order valence-corrected chi connectivity index (χ3v) is 3.90. The number of rotatable bonds is 2. The number of esters is 1. The van der Waals surface area contributed by atoms with Gasteiger partial charge >= 0.3 is 12.1 Å². The van der Waals surface area contributed by atoms with Crippen LogP contribution in [0.4, 0.5) is 4.79 Å². The summed E-state index contributed by atoms with van der Waals surface area (Å²) in [4.78, 5) is 29.4. The largest absolute Gasteiger partial charge is 0.444 e. The molecule has 132 valence electrons. The Morgan fingerprint density at radius 2 is 1.84 bits per heavy atom. The second-order valence-electron chi connectivity index (χ2n) is 7.27. The minimum atomic E-state index is -0.490. The first-order valence-electron chi connectivity index (χ1n) is 8.28. The summed E-state index contributed by atoms with van der Waals surface area (Å²) in [5, 5.41) is 0.975. The van der Waals surface area contributed by atoms with E-state index in [1.165, 1.54) is 6.92 Å². The van der Waals surface area contributed by atoms with Crippen molar-refractivity contribution in [2.24, 2.45) is 0 Å². The van der Waals surface area contributed by atoms with Crippen molar-refractivity contribution in [1.82, 2.24) is 9.88 Å². The minimum absolute atomic E-state index is 0.189. The lowest BCUT2D eigenvalue weighted by molar-refractivity contribution is -0.131. The second kappa shape index (κ2) is 6.35. The molecular formula is C19H22N2O4. The first kappa shape index (κ1) is 17.2. The smallest absolute Gasteiger partial charge is 0.410 e. The van der Waals surface area contributed by atoms with E-state index in [-0.39, 0.29) is 18.0 Å². The van der Waals surface area contributed by atoms with Crippen LogP contribution in [-0.2, 0) is 9.53 Å². The van der Waals surface area contributed by atoms with Crippen molar-refractivity contribution in [2.45, 2.75) is 39.2 Å². The van der Waals surface area contributed by atoms with Crippen LogP contribution in [0.3, 0.4) is 0 Å². The van der Waals surface area contributed by atoms with E-state index in [2.05, 4.69) is 4.98 Å². The normalized spacial score (nSPS) is 15.0. The van der Waals surface area contributed by atoms with E-state index in [0.717, 1.165) is 16.6 Å². The highest BCUT2D eigenvalue weighted by atomic mass is 16.6. The SMILES string of the molecule is CC(=O)Oc1ccc2ccc(C3CN(C(=O)OC(C)(C)C)C3)nc2c1. The molecule has 1 aliphatic heterocycles. The number of hydrogen-bond acceptors (Lipinski definition) is 5. The standard InChI is InChI=1S/C19H22N2O4/c1-12(22)24-15-7-5-13-6-8-16(20-17(13)9-15)14-10-21(11-14)18(23)25-19(2,3)4/h5-9,14H,10-11H2,1-4H3. The van der Waals surface area contributed by atoms with Gasteiger partial charge in [-0.1, -0.05) is 6.07 Å². The predicted octanol–water partition coefficient (Wildman–Crippen LogP) is 3.49. The van der Waals surface area contributed by atoms with E-state index < -0.39 is 5.60 Å². The number of likely N-dealkylation sites (tertiary alicyclic amines) is 1. The molecule has 0 saturated carbocycles. The molecule has 0 N–H and O–H groups in total. The molecule has 0 radical (unpaired) electrons. The second-order valence-corrected chi connectivity index (χ2v) is 7.27. The van der Waals surface area contributed by atoms with Crippen LogP contribution < -0.4 is 4.74 Å². The first-order chi connectivity index (χ1) is 11.7. The third-order valence-electron chi connectivity index (χ3n) is 3.90. The summed E-state index contributed by atoms with van der Waals surface area (Å²) in [5.74, 6) is 0.311. The van der Waals surface area contributed by atoms with Crippen LogP contribution in [0.2, 0.25) is 0 Å². The average molecular weight is 342 g/mol. The lowest BCUT2D eigenvalue weighted by atomic mass is 9.95. The zero-order valence-corrected chi connectivity index (χ0v) is 14.9. The van der Waals surface area contributed by atoms with Crippen LogP contribution in [0.1, 0.15) is 39.3 Å². The van der Waals surface area contributed by atoms with Crippen molar-refractivity contribution in [3.63, 3.8) is 0 Å². The molecule has 0 aliphatic carbocycles. The Kier molecular flexibility index (Phi) is 4.37. The molecule has 3 rings (SSSR count). The number of nitrogens with zero attached hydrogens (tertiary/aromatic N) is 2. The van der Waals surface area contributed by atoms with Gasteiger partial charge in [-0.25, -0.2) is 4.79 Å². The van der Waals surface area contributed by atoms with Crippen molar-refractivity contribution >= 4 is 23.0 Å². The summed E-state index contributed by atoms with van der Waals surface area (Å²) in [6.07, 6.45) is -0.290. The average Bonchev–Trinajstić information content (AvgIpc) is 2.42. The van der Waals surface area contributed by atoms with Crippen molar-refractivity contribution in [1.29, 1.82) is 0 Å². The van der Waals surface area contributed by atoms with Gasteiger partial charge in [0.2, 0.25) is 0 Å². The monoisotopic (exact) mass is 342 g/mol. The topological polar surface area (TPSA) is 68.7 Å². The number of carbonyl (C=O) groups excluding carboxylic acids is 2. The fraction of sp³-hybridized carbons (Fsp3) is 0.421. The van der Waals surface area contributed by atoms with Gasteiger partial charge in [-0.05, 0) is 39.0 Å². The van der Waals surface area contributed by atoms with E-state index in [0.29, 0.717) is 18.8 Å². The zero-order chi connectivity index (χ0) is 18.2. The van der Waals surface area contributed by atoms with Crippen LogP contribution in [0.15, 0.2) is 30.3 Å². The maximum Gasteiger partial charge on any atom is 0.410 e. The Balaban J connectivity index is 1.70. The van der Waals surface area contributed by atoms with E-state index in [1.54, 1.807) is 17.0 Å². The Labute approximate surface area is 146 Å². The number of amides is 1. The maximum atomic E-state index is 12.0. The Bertz CT molecular complexity index is 820. The van der Waals surface area contributed by atoms with Gasteiger partial charge in [0.25, 0.3) is 0 Å². The van der Waals surface area contributed by atoms with Gasteiger partial charge in [0, 0.05) is 43.1 Å². The van der Waals surface area contributed by atoms with Crippen molar-refractivity contribution in [2.75, 3.05) is 13.1 Å². The van der Waals surface area contributed by atoms with Crippen LogP contribution in [0.5, 0.6) is 5.75 Å². The number of aromatic nitrogens is 1. The van der Waals surface area contributed by atoms with Crippen molar-refractivity contribution in [3.05, 3.63) is 36.0 Å². The maximum absolute atomic E-state index is 12.0. The van der Waals surface area contributed by atoms with E-state index in [9.17, 15) is 9.59 Å². The summed E-state index contributed by atoms with van der Waals surface area (Å²) in [6, 6.07) is 9.34. The molecule has 1 aliphatic rings. The Morgan fingerprint density at radius 1 is 1.16 bits per heavy atom. The summed E-state index contributed by atoms with van der Waals surface area (Å²) in [6.45, 7) is 8.12. The highest BCUT2D eigenvalue weighted by molar-refractivity contribution is 5.81. The fourth-order valence-corrected chi connectivity index (χ4v) is 2.71. The van der Waals surface area contributed by atoms with Gasteiger partial charge < -0.3 is 14.4 Å². The number of ether oxygens (including phenoxy) is 2. The van der Waals surface area contributed by atoms with E-state index in [1.807, 2.05) is 39.0 Å². The lowest BCUT2D eigenvalue weighted by Crippen LogP contribution is -2.50. The highest BCUT2D eigenvalue weighted by Gasteiger charge is 2.35. The van der Waals surface area contributed by atoms with Gasteiger partial charge in [0.05, 0.1) is 5.52 Å². The summed E-state index contributed by atoms with van der Waals surface area (Å²) in [7, 11) is 0. The molecule has 0 unspecified atom stereocenters. The third kappa shape index (κ3) is 4.07. The molecule has 1 aromatic carbocycles. The molecule has 25 heavy (non-hydrogen) atoms. The lowest BCUT2D eigenvalue weighted by Gasteiger charge is -2.39. The van der Waals surface area contributed by atoms with E-state index >= 15 is 0 Å². The molecule has 1 fully saturated rings. The van der Waals surface area contributed by atoms with Crippen LogP contribution in [-0.4, -0.2) is 40.6 Å². The van der Waals surface area contributed by atoms with Gasteiger partial charge in [-0.3, -0.25) is 9.78 Å². The van der Waals surface area contributed by atoms with Crippen LogP contribution in [0, 0.1) is 0 Å².